The normalized spacial score (nSPS) is 19.3. The van der Waals surface area contributed by atoms with Crippen molar-refractivity contribution in [1.29, 1.82) is 0 Å². The van der Waals surface area contributed by atoms with Crippen LogP contribution in [0.1, 0.15) is 30.0 Å². The zero-order valence-corrected chi connectivity index (χ0v) is 14.7. The highest BCUT2D eigenvalue weighted by Gasteiger charge is 2.28. The Morgan fingerprint density at radius 2 is 2.12 bits per heavy atom. The monoisotopic (exact) mass is 353 g/mol. The van der Waals surface area contributed by atoms with E-state index in [1.54, 1.807) is 12.4 Å². The van der Waals surface area contributed by atoms with Crippen LogP contribution in [-0.2, 0) is 11.3 Å². The van der Waals surface area contributed by atoms with Crippen molar-refractivity contribution in [2.75, 3.05) is 26.3 Å². The number of fused-ring (bicyclic) bond motifs is 1. The number of hydrogen-bond donors (Lipinski definition) is 1. The Kier molecular flexibility index (Phi) is 5.02. The first-order valence-corrected chi connectivity index (χ1v) is 9.09. The van der Waals surface area contributed by atoms with Crippen molar-refractivity contribution in [3.05, 3.63) is 53.9 Å². The third kappa shape index (κ3) is 3.80. The van der Waals surface area contributed by atoms with Gasteiger partial charge in [0.1, 0.15) is 13.2 Å². The van der Waals surface area contributed by atoms with Crippen LogP contribution in [0.15, 0.2) is 42.7 Å². The number of pyridine rings is 1. The van der Waals surface area contributed by atoms with Gasteiger partial charge < -0.3 is 14.8 Å². The van der Waals surface area contributed by atoms with E-state index in [2.05, 4.69) is 27.3 Å². The molecule has 2 aliphatic rings. The lowest BCUT2D eigenvalue weighted by atomic mass is 10.0. The fraction of sp³-hybridized carbons (Fsp3) is 0.400. The molecule has 1 aromatic heterocycles. The summed E-state index contributed by atoms with van der Waals surface area (Å²) in [6.07, 6.45) is 5.64. The van der Waals surface area contributed by atoms with E-state index in [4.69, 9.17) is 9.47 Å². The summed E-state index contributed by atoms with van der Waals surface area (Å²) in [6.45, 7) is 3.02. The first-order chi connectivity index (χ1) is 12.8. The summed E-state index contributed by atoms with van der Waals surface area (Å²) in [7, 11) is 0. The maximum atomic E-state index is 12.4. The van der Waals surface area contributed by atoms with E-state index < -0.39 is 0 Å². The van der Waals surface area contributed by atoms with Crippen molar-refractivity contribution < 1.29 is 14.3 Å². The van der Waals surface area contributed by atoms with Gasteiger partial charge in [-0.25, -0.2) is 0 Å². The molecule has 26 heavy (non-hydrogen) atoms. The lowest BCUT2D eigenvalue weighted by Crippen LogP contribution is -2.36. The maximum absolute atomic E-state index is 12.4. The maximum Gasteiger partial charge on any atom is 0.234 e. The Bertz CT molecular complexity index is 766. The molecular weight excluding hydrogens is 330 g/mol. The minimum absolute atomic E-state index is 0.0401. The molecule has 1 aromatic carbocycles. The molecule has 6 heteroatoms. The Morgan fingerprint density at radius 3 is 2.96 bits per heavy atom. The fourth-order valence-electron chi connectivity index (χ4n) is 3.60. The van der Waals surface area contributed by atoms with Crippen LogP contribution in [0.4, 0.5) is 0 Å². The minimum Gasteiger partial charge on any atom is -0.486 e. The third-order valence-corrected chi connectivity index (χ3v) is 4.87. The van der Waals surface area contributed by atoms with Gasteiger partial charge >= 0.3 is 0 Å². The second-order valence-corrected chi connectivity index (χ2v) is 6.67. The molecule has 6 nitrogen and oxygen atoms in total. The van der Waals surface area contributed by atoms with Crippen LogP contribution < -0.4 is 14.8 Å². The molecule has 1 saturated heterocycles. The minimum atomic E-state index is 0.0401. The number of amides is 1. The Balaban J connectivity index is 1.38. The summed E-state index contributed by atoms with van der Waals surface area (Å²) in [5, 5.41) is 2.98. The second kappa shape index (κ2) is 7.74. The predicted molar refractivity (Wildman–Crippen MR) is 97.1 cm³/mol. The van der Waals surface area contributed by atoms with Crippen LogP contribution in [-0.4, -0.2) is 42.1 Å². The zero-order chi connectivity index (χ0) is 17.8. The van der Waals surface area contributed by atoms with Crippen LogP contribution in [0, 0.1) is 0 Å². The van der Waals surface area contributed by atoms with Crippen LogP contribution in [0.3, 0.4) is 0 Å². The molecule has 4 rings (SSSR count). The summed E-state index contributed by atoms with van der Waals surface area (Å²) in [5.41, 5.74) is 2.19. The number of carbonyl (C=O) groups is 1. The van der Waals surface area contributed by atoms with Gasteiger partial charge in [0, 0.05) is 25.0 Å². The van der Waals surface area contributed by atoms with Gasteiger partial charge in [0.15, 0.2) is 11.5 Å². The molecule has 2 aliphatic heterocycles. The zero-order valence-electron chi connectivity index (χ0n) is 14.7. The molecule has 0 spiro atoms. The van der Waals surface area contributed by atoms with E-state index in [0.29, 0.717) is 26.3 Å². The van der Waals surface area contributed by atoms with E-state index >= 15 is 0 Å². The van der Waals surface area contributed by atoms with Crippen molar-refractivity contribution in [3.8, 4) is 11.5 Å². The summed E-state index contributed by atoms with van der Waals surface area (Å²) >= 11 is 0. The van der Waals surface area contributed by atoms with E-state index in [-0.39, 0.29) is 11.9 Å². The molecule has 0 aliphatic carbocycles. The van der Waals surface area contributed by atoms with Crippen molar-refractivity contribution in [2.45, 2.75) is 25.4 Å². The standard InChI is InChI=1S/C20H23N3O3/c24-20(22-13-15-3-1-7-21-12-15)14-23-8-2-4-17(23)16-5-6-18-19(11-16)26-10-9-25-18/h1,3,5-7,11-12,17H,2,4,8-10,13-14H2,(H,22,24)/t17-/m0/s1. The average Bonchev–Trinajstić information content (AvgIpc) is 3.15. The largest absolute Gasteiger partial charge is 0.486 e. The number of aromatic nitrogens is 1. The summed E-state index contributed by atoms with van der Waals surface area (Å²) in [5.74, 6) is 1.65. The molecule has 0 bridgehead atoms. The number of ether oxygens (including phenoxy) is 2. The summed E-state index contributed by atoms with van der Waals surface area (Å²) in [4.78, 5) is 18.7. The number of carbonyl (C=O) groups excluding carboxylic acids is 1. The van der Waals surface area contributed by atoms with Crippen molar-refractivity contribution in [2.24, 2.45) is 0 Å². The highest BCUT2D eigenvalue weighted by molar-refractivity contribution is 5.78. The van der Waals surface area contributed by atoms with Gasteiger partial charge in [-0.15, -0.1) is 0 Å². The van der Waals surface area contributed by atoms with Gasteiger partial charge in [-0.2, -0.15) is 0 Å². The Hall–Kier alpha value is -2.60. The van der Waals surface area contributed by atoms with Crippen LogP contribution in [0.2, 0.25) is 0 Å². The highest BCUT2D eigenvalue weighted by Crippen LogP contribution is 2.37. The van der Waals surface area contributed by atoms with Gasteiger partial charge in [-0.05, 0) is 48.7 Å². The van der Waals surface area contributed by atoms with Crippen molar-refractivity contribution in [1.82, 2.24) is 15.2 Å². The van der Waals surface area contributed by atoms with E-state index in [9.17, 15) is 4.79 Å². The Labute approximate surface area is 153 Å². The van der Waals surface area contributed by atoms with Crippen LogP contribution in [0.25, 0.3) is 0 Å². The molecule has 0 unspecified atom stereocenters. The SMILES string of the molecule is O=C(CN1CCC[C@H]1c1ccc2c(c1)OCCO2)NCc1cccnc1. The molecular formula is C20H23N3O3. The van der Waals surface area contributed by atoms with E-state index in [1.807, 2.05) is 18.2 Å². The lowest BCUT2D eigenvalue weighted by molar-refractivity contribution is -0.122. The fourth-order valence-corrected chi connectivity index (χ4v) is 3.60. The first-order valence-electron chi connectivity index (χ1n) is 9.09. The lowest BCUT2D eigenvalue weighted by Gasteiger charge is -2.26. The highest BCUT2D eigenvalue weighted by atomic mass is 16.6. The molecule has 2 aromatic rings. The Morgan fingerprint density at radius 1 is 1.23 bits per heavy atom. The van der Waals surface area contributed by atoms with E-state index in [0.717, 1.165) is 36.4 Å². The van der Waals surface area contributed by atoms with E-state index in [1.165, 1.54) is 5.56 Å². The van der Waals surface area contributed by atoms with Crippen LogP contribution >= 0.6 is 0 Å². The molecule has 136 valence electrons. The van der Waals surface area contributed by atoms with Gasteiger partial charge in [0.05, 0.1) is 6.54 Å². The quantitative estimate of drug-likeness (QED) is 0.894. The summed E-state index contributed by atoms with van der Waals surface area (Å²) < 4.78 is 11.3. The summed E-state index contributed by atoms with van der Waals surface area (Å²) in [6, 6.07) is 10.2. The van der Waals surface area contributed by atoms with Crippen LogP contribution in [0.5, 0.6) is 11.5 Å². The van der Waals surface area contributed by atoms with Crippen molar-refractivity contribution >= 4 is 5.91 Å². The molecule has 1 amide bonds. The van der Waals surface area contributed by atoms with Gasteiger partial charge in [0.25, 0.3) is 0 Å². The number of rotatable bonds is 5. The molecule has 1 N–H and O–H groups in total. The molecule has 1 fully saturated rings. The smallest absolute Gasteiger partial charge is 0.234 e. The van der Waals surface area contributed by atoms with Crippen molar-refractivity contribution in [3.63, 3.8) is 0 Å². The number of likely N-dealkylation sites (tertiary alicyclic amines) is 1. The van der Waals surface area contributed by atoms with Gasteiger partial charge in [-0.3, -0.25) is 14.7 Å². The number of nitrogens with zero attached hydrogens (tertiary/aromatic N) is 2. The van der Waals surface area contributed by atoms with Gasteiger partial charge in [-0.1, -0.05) is 12.1 Å². The predicted octanol–water partition coefficient (Wildman–Crippen LogP) is 2.31. The molecule has 1 atom stereocenters. The average molecular weight is 353 g/mol. The number of hydrogen-bond acceptors (Lipinski definition) is 5. The molecule has 3 heterocycles. The third-order valence-electron chi connectivity index (χ3n) is 4.87. The number of benzene rings is 1. The van der Waals surface area contributed by atoms with Gasteiger partial charge in [0.2, 0.25) is 5.91 Å². The number of nitrogens with one attached hydrogen (secondary N) is 1. The topological polar surface area (TPSA) is 63.7 Å². The first kappa shape index (κ1) is 16.8. The molecule has 0 saturated carbocycles. The second-order valence-electron chi connectivity index (χ2n) is 6.67. The molecule has 0 radical (unpaired) electrons.